The molecule has 0 radical (unpaired) electrons. The van der Waals surface area contributed by atoms with Gasteiger partial charge in [0.2, 0.25) is 0 Å². The molecule has 2 aliphatic rings. The molecule has 2 saturated heterocycles. The molecule has 7 nitrogen and oxygen atoms in total. The van der Waals surface area contributed by atoms with E-state index in [0.717, 1.165) is 22.1 Å². The number of amides is 2. The van der Waals surface area contributed by atoms with Crippen LogP contribution in [0.25, 0.3) is 22.1 Å². The summed E-state index contributed by atoms with van der Waals surface area (Å²) in [5.41, 5.74) is 3.58. The first-order valence-electron chi connectivity index (χ1n) is 11.6. The molecule has 0 bridgehead atoms. The summed E-state index contributed by atoms with van der Waals surface area (Å²) in [5.74, 6) is -2.63. The second-order valence-corrected chi connectivity index (χ2v) is 12.2. The number of carbonyl (C=O) groups is 1. The summed E-state index contributed by atoms with van der Waals surface area (Å²) in [5, 5.41) is 10.1. The van der Waals surface area contributed by atoms with E-state index in [9.17, 15) is 13.6 Å². The Balaban J connectivity index is 0.000000431. The fourth-order valence-electron chi connectivity index (χ4n) is 4.60. The summed E-state index contributed by atoms with van der Waals surface area (Å²) in [4.78, 5) is 15.9. The number of carbonyl (C=O) groups excluding carboxylic acids is 1. The van der Waals surface area contributed by atoms with Crippen molar-refractivity contribution in [3.63, 3.8) is 0 Å². The van der Waals surface area contributed by atoms with Crippen molar-refractivity contribution < 1.29 is 22.7 Å². The van der Waals surface area contributed by atoms with E-state index in [2.05, 4.69) is 5.16 Å². The summed E-state index contributed by atoms with van der Waals surface area (Å²) in [6.07, 6.45) is 1.86. The zero-order valence-electron chi connectivity index (χ0n) is 20.4. The summed E-state index contributed by atoms with van der Waals surface area (Å²) in [6, 6.07) is 12.1. The van der Waals surface area contributed by atoms with E-state index in [-0.39, 0.29) is 19.5 Å². The van der Waals surface area contributed by atoms with Crippen molar-refractivity contribution in [2.45, 2.75) is 39.2 Å². The summed E-state index contributed by atoms with van der Waals surface area (Å²) in [6.45, 7) is 5.62. The minimum atomic E-state index is -2.86. The molecule has 0 saturated carbocycles. The van der Waals surface area contributed by atoms with Crippen molar-refractivity contribution in [3.05, 3.63) is 48.0 Å². The molecule has 190 valence electrons. The number of benzene rings is 2. The Kier molecular flexibility index (Phi) is 6.82. The summed E-state index contributed by atoms with van der Waals surface area (Å²) < 4.78 is 43.1. The van der Waals surface area contributed by atoms with E-state index in [0.29, 0.717) is 17.2 Å². The maximum atomic E-state index is 14.5. The molecule has 10 heteroatoms. The lowest BCUT2D eigenvalue weighted by atomic mass is 9.97. The SMILES string of the molecule is CCS(C)(N)O.Cc1ccccc1-c1cccc2onc(N3CC[C@H]4N(C[C@@H](C)C4(F)F)C3=O)c12. The number of aromatic nitrogens is 1. The van der Waals surface area contributed by atoms with Gasteiger partial charge in [0.1, 0.15) is 0 Å². The van der Waals surface area contributed by atoms with Crippen LogP contribution in [0.5, 0.6) is 0 Å². The Morgan fingerprint density at radius 1 is 1.23 bits per heavy atom. The normalized spacial score (nSPS) is 23.9. The molecule has 2 fully saturated rings. The minimum absolute atomic E-state index is 0.0490. The Labute approximate surface area is 205 Å². The Morgan fingerprint density at radius 3 is 2.54 bits per heavy atom. The lowest BCUT2D eigenvalue weighted by Crippen LogP contribution is -2.55. The second-order valence-electron chi connectivity index (χ2n) is 9.36. The highest BCUT2D eigenvalue weighted by atomic mass is 32.3. The highest BCUT2D eigenvalue weighted by molar-refractivity contribution is 8.26. The van der Waals surface area contributed by atoms with E-state index >= 15 is 0 Å². The van der Waals surface area contributed by atoms with Gasteiger partial charge in [0, 0.05) is 24.8 Å². The first kappa shape index (κ1) is 25.4. The minimum Gasteiger partial charge on any atom is -0.354 e. The monoisotopic (exact) mass is 506 g/mol. The molecule has 2 amide bonds. The number of nitrogens with zero attached hydrogens (tertiary/aromatic N) is 3. The molecule has 3 aromatic rings. The number of halogens is 2. The van der Waals surface area contributed by atoms with Crippen molar-refractivity contribution in [2.75, 3.05) is 30.0 Å². The zero-order chi connectivity index (χ0) is 25.5. The molecular weight excluding hydrogens is 474 g/mol. The van der Waals surface area contributed by atoms with Crippen LogP contribution >= 0.6 is 10.5 Å². The third-order valence-corrected chi connectivity index (χ3v) is 7.98. The molecule has 2 aromatic carbocycles. The number of hydrogen-bond acceptors (Lipinski definition) is 5. The van der Waals surface area contributed by atoms with Gasteiger partial charge in [-0.25, -0.2) is 13.6 Å². The molecule has 35 heavy (non-hydrogen) atoms. The maximum absolute atomic E-state index is 14.5. The standard InChI is InChI=1S/C22H21F2N3O2.C3H11NOS/c1-13-6-3-4-7-15(13)16-8-5-9-17-19(16)20(25-29-17)26-11-10-18-22(23,24)14(2)12-27(18)21(26)28;1-3-6(2,4)5/h3-9,14,18H,10-12H2,1-2H3;5H,3-4H2,1-2H3/t14-,18-;/m1./s1. The van der Waals surface area contributed by atoms with Gasteiger partial charge in [-0.2, -0.15) is 0 Å². The summed E-state index contributed by atoms with van der Waals surface area (Å²) in [7, 11) is -1.66. The van der Waals surface area contributed by atoms with Crippen LogP contribution in [0.1, 0.15) is 25.8 Å². The van der Waals surface area contributed by atoms with Crippen molar-refractivity contribution in [2.24, 2.45) is 11.1 Å². The molecule has 3 N–H and O–H groups in total. The predicted molar refractivity (Wildman–Crippen MR) is 137 cm³/mol. The van der Waals surface area contributed by atoms with Gasteiger partial charge in [-0.05, 0) is 42.4 Å². The molecular formula is C25H32F2N4O3S. The van der Waals surface area contributed by atoms with Gasteiger partial charge >= 0.3 is 6.03 Å². The average Bonchev–Trinajstić information content (AvgIpc) is 3.34. The third-order valence-electron chi connectivity index (χ3n) is 6.81. The van der Waals surface area contributed by atoms with Crippen LogP contribution in [0.3, 0.4) is 0 Å². The van der Waals surface area contributed by atoms with Crippen LogP contribution in [0.15, 0.2) is 47.0 Å². The molecule has 3 heterocycles. The largest absolute Gasteiger partial charge is 0.354 e. The molecule has 1 unspecified atom stereocenters. The first-order valence-corrected chi connectivity index (χ1v) is 13.8. The number of fused-ring (bicyclic) bond motifs is 2. The van der Waals surface area contributed by atoms with Crippen molar-refractivity contribution in [1.29, 1.82) is 0 Å². The maximum Gasteiger partial charge on any atom is 0.326 e. The predicted octanol–water partition coefficient (Wildman–Crippen LogP) is 5.88. The molecule has 2 aliphatic heterocycles. The quantitative estimate of drug-likeness (QED) is 0.463. The number of alkyl halides is 2. The van der Waals surface area contributed by atoms with Crippen LogP contribution < -0.4 is 10.0 Å². The number of urea groups is 1. The third kappa shape index (κ3) is 4.74. The smallest absolute Gasteiger partial charge is 0.326 e. The van der Waals surface area contributed by atoms with Gasteiger partial charge in [-0.15, -0.1) is 0 Å². The van der Waals surface area contributed by atoms with Gasteiger partial charge in [-0.3, -0.25) is 10.0 Å². The van der Waals surface area contributed by atoms with E-state index in [1.165, 1.54) is 16.7 Å². The number of nitrogens with two attached hydrogens (primary N) is 1. The van der Waals surface area contributed by atoms with Gasteiger partial charge in [-0.1, -0.05) is 65.9 Å². The van der Waals surface area contributed by atoms with Gasteiger partial charge < -0.3 is 14.0 Å². The van der Waals surface area contributed by atoms with Crippen molar-refractivity contribution in [3.8, 4) is 11.1 Å². The van der Waals surface area contributed by atoms with Crippen LogP contribution in [-0.4, -0.2) is 57.7 Å². The fraction of sp³-hybridized carbons (Fsp3) is 0.440. The lowest BCUT2D eigenvalue weighted by molar-refractivity contribution is -0.0585. The number of hydrogen-bond donors (Lipinski definition) is 2. The molecule has 1 aromatic heterocycles. The molecule has 3 atom stereocenters. The van der Waals surface area contributed by atoms with Crippen molar-refractivity contribution in [1.82, 2.24) is 10.1 Å². The Morgan fingerprint density at radius 2 is 1.89 bits per heavy atom. The van der Waals surface area contributed by atoms with Crippen molar-refractivity contribution >= 4 is 33.3 Å². The lowest BCUT2D eigenvalue weighted by Gasteiger charge is -2.37. The number of anilines is 1. The van der Waals surface area contributed by atoms with Crippen LogP contribution in [0.2, 0.25) is 0 Å². The Hall–Kier alpha value is -2.69. The number of rotatable bonds is 3. The first-order chi connectivity index (χ1) is 16.5. The van der Waals surface area contributed by atoms with Gasteiger partial charge in [0.15, 0.2) is 11.4 Å². The number of aryl methyl sites for hydroxylation is 1. The summed E-state index contributed by atoms with van der Waals surface area (Å²) >= 11 is 0. The van der Waals surface area contributed by atoms with Crippen LogP contribution in [0, 0.1) is 12.8 Å². The van der Waals surface area contributed by atoms with Crippen LogP contribution in [0.4, 0.5) is 19.4 Å². The highest BCUT2D eigenvalue weighted by Crippen LogP contribution is 2.44. The molecule has 0 aliphatic carbocycles. The second kappa shape index (κ2) is 9.40. The van der Waals surface area contributed by atoms with Gasteiger partial charge in [0.05, 0.1) is 11.4 Å². The van der Waals surface area contributed by atoms with Gasteiger partial charge in [0.25, 0.3) is 5.92 Å². The highest BCUT2D eigenvalue weighted by Gasteiger charge is 2.58. The van der Waals surface area contributed by atoms with E-state index < -0.39 is 34.4 Å². The molecule has 0 spiro atoms. The van der Waals surface area contributed by atoms with Crippen LogP contribution in [-0.2, 0) is 0 Å². The van der Waals surface area contributed by atoms with E-state index in [1.807, 2.05) is 50.2 Å². The average molecular weight is 507 g/mol. The topological polar surface area (TPSA) is 95.8 Å². The Bertz CT molecular complexity index is 1230. The van der Waals surface area contributed by atoms with E-state index in [1.54, 1.807) is 12.3 Å². The fourth-order valence-corrected chi connectivity index (χ4v) is 4.60. The van der Waals surface area contributed by atoms with E-state index in [4.69, 9.17) is 14.2 Å². The zero-order valence-corrected chi connectivity index (χ0v) is 21.2. The molecule has 5 rings (SSSR count).